The zero-order valence-electron chi connectivity index (χ0n) is 25.1. The molecule has 0 saturated carbocycles. The van der Waals surface area contributed by atoms with Gasteiger partial charge >= 0.3 is 0 Å². The van der Waals surface area contributed by atoms with Crippen molar-refractivity contribution in [2.24, 2.45) is 10.8 Å². The molecule has 0 saturated heterocycles. The number of nitrogens with zero attached hydrogens (tertiary/aromatic N) is 4. The molecule has 5 N–H and O–H groups in total. The number of nitrogens with one attached hydrogen (secondary N) is 3. The SMILES string of the molecule is C#C.CCC.Cc1ncccc1C(NCCN/N=C(\N)c1ccc(F)cc1)(c1cccnn1)c1[nH]c2ccccc2c1C. The van der Waals surface area contributed by atoms with E-state index in [0.29, 0.717) is 18.7 Å². The first kappa shape index (κ1) is 32.4. The molecule has 3 aromatic heterocycles. The van der Waals surface area contributed by atoms with Crippen LogP contribution in [-0.4, -0.2) is 39.1 Å². The molecule has 9 heteroatoms. The van der Waals surface area contributed by atoms with E-state index in [-0.39, 0.29) is 11.7 Å². The Morgan fingerprint density at radius 1 is 0.953 bits per heavy atom. The van der Waals surface area contributed by atoms with E-state index in [0.717, 1.165) is 39.1 Å². The lowest BCUT2D eigenvalue weighted by atomic mass is 9.80. The molecule has 0 aliphatic carbocycles. The molecule has 0 aliphatic rings. The van der Waals surface area contributed by atoms with Crippen LogP contribution in [0.15, 0.2) is 90.3 Å². The minimum atomic E-state index is -0.871. The van der Waals surface area contributed by atoms with Crippen molar-refractivity contribution < 1.29 is 4.39 Å². The zero-order chi connectivity index (χ0) is 31.2. The molecular formula is C34H39FN8. The number of pyridine rings is 1. The molecule has 2 aromatic carbocycles. The number of hydrogen-bond acceptors (Lipinski definition) is 6. The fourth-order valence-corrected chi connectivity index (χ4v) is 4.85. The van der Waals surface area contributed by atoms with E-state index in [1.54, 1.807) is 24.5 Å². The highest BCUT2D eigenvalue weighted by Gasteiger charge is 2.42. The zero-order valence-corrected chi connectivity index (χ0v) is 25.1. The summed E-state index contributed by atoms with van der Waals surface area (Å²) < 4.78 is 13.2. The van der Waals surface area contributed by atoms with Gasteiger partial charge in [-0.3, -0.25) is 10.3 Å². The number of para-hydroxylation sites is 1. The average molecular weight is 579 g/mol. The third-order valence-corrected chi connectivity index (χ3v) is 6.67. The van der Waals surface area contributed by atoms with Crippen molar-refractivity contribution in [1.82, 2.24) is 30.9 Å². The summed E-state index contributed by atoms with van der Waals surface area (Å²) in [4.78, 5) is 8.26. The van der Waals surface area contributed by atoms with Crippen LogP contribution < -0.4 is 16.5 Å². The van der Waals surface area contributed by atoms with Crippen LogP contribution in [0.5, 0.6) is 0 Å². The summed E-state index contributed by atoms with van der Waals surface area (Å²) >= 11 is 0. The van der Waals surface area contributed by atoms with Gasteiger partial charge in [-0.2, -0.15) is 15.3 Å². The maximum absolute atomic E-state index is 13.2. The Kier molecular flexibility index (Phi) is 11.9. The number of hydrogen-bond donors (Lipinski definition) is 4. The van der Waals surface area contributed by atoms with Crippen molar-refractivity contribution in [1.29, 1.82) is 0 Å². The Labute approximate surface area is 253 Å². The fourth-order valence-electron chi connectivity index (χ4n) is 4.85. The molecule has 5 aromatic rings. The molecule has 8 nitrogen and oxygen atoms in total. The second-order valence-corrected chi connectivity index (χ2v) is 9.71. The number of aromatic nitrogens is 4. The number of amidine groups is 1. The lowest BCUT2D eigenvalue weighted by Gasteiger charge is -2.35. The van der Waals surface area contributed by atoms with Crippen molar-refractivity contribution in [3.8, 4) is 12.8 Å². The Morgan fingerprint density at radius 2 is 1.65 bits per heavy atom. The molecule has 0 fully saturated rings. The van der Waals surface area contributed by atoms with Crippen molar-refractivity contribution >= 4 is 16.7 Å². The van der Waals surface area contributed by atoms with E-state index in [2.05, 4.69) is 87.8 Å². The molecule has 5 rings (SSSR count). The predicted octanol–water partition coefficient (Wildman–Crippen LogP) is 5.57. The minimum Gasteiger partial charge on any atom is -0.382 e. The number of hydrazone groups is 1. The van der Waals surface area contributed by atoms with Gasteiger partial charge in [0.25, 0.3) is 0 Å². The van der Waals surface area contributed by atoms with Gasteiger partial charge in [-0.25, -0.2) is 4.39 Å². The van der Waals surface area contributed by atoms with E-state index < -0.39 is 5.54 Å². The van der Waals surface area contributed by atoms with Crippen LogP contribution in [-0.2, 0) is 5.54 Å². The van der Waals surface area contributed by atoms with Crippen molar-refractivity contribution in [2.45, 2.75) is 39.7 Å². The van der Waals surface area contributed by atoms with Crippen LogP contribution in [0.25, 0.3) is 10.9 Å². The lowest BCUT2D eigenvalue weighted by molar-refractivity contribution is 0.438. The normalized spacial score (nSPS) is 12.3. The smallest absolute Gasteiger partial charge is 0.150 e. The van der Waals surface area contributed by atoms with Crippen molar-refractivity contribution in [3.63, 3.8) is 0 Å². The molecule has 0 spiro atoms. The van der Waals surface area contributed by atoms with Gasteiger partial charge in [-0.1, -0.05) is 44.5 Å². The monoisotopic (exact) mass is 578 g/mol. The number of benzene rings is 2. The number of aromatic amines is 1. The first-order valence-electron chi connectivity index (χ1n) is 14.1. The van der Waals surface area contributed by atoms with Gasteiger partial charge in [0.15, 0.2) is 5.84 Å². The van der Waals surface area contributed by atoms with Crippen LogP contribution in [0.2, 0.25) is 0 Å². The molecule has 1 unspecified atom stereocenters. The molecule has 0 bridgehead atoms. The molecule has 0 radical (unpaired) electrons. The van der Waals surface area contributed by atoms with Crippen molar-refractivity contribution in [3.05, 3.63) is 125 Å². The molecule has 1 atom stereocenters. The Bertz CT molecular complexity index is 1630. The van der Waals surface area contributed by atoms with E-state index in [9.17, 15) is 4.39 Å². The number of fused-ring (bicyclic) bond motifs is 1. The van der Waals surface area contributed by atoms with Crippen LogP contribution in [0.1, 0.15) is 54.0 Å². The lowest BCUT2D eigenvalue weighted by Crippen LogP contribution is -2.48. The highest BCUT2D eigenvalue weighted by molar-refractivity contribution is 5.97. The number of nitrogens with two attached hydrogens (primary N) is 1. The standard InChI is InChI=1S/C29H29FN8.C3H8.C2H2/c1-19-23-7-3-4-9-25(23)36-27(19)29(26-10-6-16-34-37-26,24-8-5-15-32-20(24)2)33-17-18-35-38-28(31)21-11-13-22(30)14-12-21;1-3-2;1-2/h3-16,33,35-36H,17-18H2,1-2H3,(H2,31,38);3H2,1-2H3;1-2H. The maximum atomic E-state index is 13.2. The second-order valence-electron chi connectivity index (χ2n) is 9.71. The summed E-state index contributed by atoms with van der Waals surface area (Å²) in [5.74, 6) is -0.0446. The summed E-state index contributed by atoms with van der Waals surface area (Å²) in [5.41, 5.74) is 14.5. The molecule has 222 valence electrons. The predicted molar refractivity (Wildman–Crippen MR) is 173 cm³/mol. The summed E-state index contributed by atoms with van der Waals surface area (Å²) in [7, 11) is 0. The molecule has 3 heterocycles. The number of aryl methyl sites for hydroxylation is 2. The van der Waals surface area contributed by atoms with Gasteiger partial charge in [0.1, 0.15) is 11.4 Å². The Hall–Kier alpha value is -5.07. The third kappa shape index (κ3) is 7.42. The number of rotatable bonds is 9. The molecule has 43 heavy (non-hydrogen) atoms. The maximum Gasteiger partial charge on any atom is 0.150 e. The van der Waals surface area contributed by atoms with E-state index in [1.807, 2.05) is 37.3 Å². The van der Waals surface area contributed by atoms with Crippen molar-refractivity contribution in [2.75, 3.05) is 13.1 Å². The largest absolute Gasteiger partial charge is 0.382 e. The first-order valence-corrected chi connectivity index (χ1v) is 14.1. The van der Waals surface area contributed by atoms with Gasteiger partial charge < -0.3 is 16.1 Å². The first-order chi connectivity index (χ1) is 20.9. The number of halogens is 1. The van der Waals surface area contributed by atoms with Crippen LogP contribution in [0.3, 0.4) is 0 Å². The molecule has 0 amide bonds. The summed E-state index contributed by atoms with van der Waals surface area (Å²) in [5, 5.41) is 17.9. The molecule has 0 aliphatic heterocycles. The summed E-state index contributed by atoms with van der Waals surface area (Å²) in [6.45, 7) is 9.31. The quantitative estimate of drug-likeness (QED) is 0.0598. The molecular weight excluding hydrogens is 539 g/mol. The van der Waals surface area contributed by atoms with Gasteiger partial charge in [-0.05, 0) is 67.9 Å². The Morgan fingerprint density at radius 3 is 2.30 bits per heavy atom. The van der Waals surface area contributed by atoms with Gasteiger partial charge in [-0.15, -0.1) is 12.8 Å². The third-order valence-electron chi connectivity index (χ3n) is 6.67. The minimum absolute atomic E-state index is 0.278. The highest BCUT2D eigenvalue weighted by atomic mass is 19.1. The van der Waals surface area contributed by atoms with E-state index >= 15 is 0 Å². The Balaban J connectivity index is 0.000000953. The number of H-pyrrole nitrogens is 1. The second kappa shape index (κ2) is 15.8. The summed E-state index contributed by atoms with van der Waals surface area (Å²) in [6.07, 6.45) is 12.7. The summed E-state index contributed by atoms with van der Waals surface area (Å²) in [6, 6.07) is 22.0. The van der Waals surface area contributed by atoms with Gasteiger partial charge in [0.2, 0.25) is 0 Å². The van der Waals surface area contributed by atoms with Gasteiger partial charge in [0.05, 0.1) is 11.4 Å². The average Bonchev–Trinajstić information content (AvgIpc) is 3.38. The topological polar surface area (TPSA) is 117 Å². The van der Waals surface area contributed by atoms with E-state index in [1.165, 1.54) is 18.6 Å². The van der Waals surface area contributed by atoms with Gasteiger partial charge in [0, 0.05) is 53.2 Å². The van der Waals surface area contributed by atoms with Crippen LogP contribution in [0.4, 0.5) is 4.39 Å². The number of terminal acetylenes is 1. The van der Waals surface area contributed by atoms with Crippen LogP contribution in [0, 0.1) is 32.5 Å². The van der Waals surface area contributed by atoms with E-state index in [4.69, 9.17) is 5.73 Å². The van der Waals surface area contributed by atoms with Crippen LogP contribution >= 0.6 is 0 Å². The fraction of sp³-hybridized carbons (Fsp3) is 0.235. The highest BCUT2D eigenvalue weighted by Crippen LogP contribution is 2.40.